The van der Waals surface area contributed by atoms with Crippen LogP contribution in [-0.4, -0.2) is 11.8 Å². The number of carbonyl (C=O) groups is 2. The van der Waals surface area contributed by atoms with E-state index >= 15 is 0 Å². The molecule has 0 spiro atoms. The van der Waals surface area contributed by atoms with Crippen LogP contribution in [-0.2, 0) is 11.2 Å². The van der Waals surface area contributed by atoms with E-state index in [0.717, 1.165) is 30.4 Å². The number of hydrogen-bond donors (Lipinski definition) is 1. The van der Waals surface area contributed by atoms with Gasteiger partial charge in [0.15, 0.2) is 0 Å². The van der Waals surface area contributed by atoms with Crippen LogP contribution < -0.4 is 5.32 Å². The SMILES string of the molecule is CCCCc1ccc(C(=O)NC(=O)/C=C(C)/C=C/C=C(C)/C=C/C2=C(C)CCCC2(C)C)cc1. The lowest BCUT2D eigenvalue weighted by atomic mass is 9.72. The summed E-state index contributed by atoms with van der Waals surface area (Å²) in [5, 5.41) is 2.44. The highest BCUT2D eigenvalue weighted by atomic mass is 16.2. The van der Waals surface area contributed by atoms with Crippen LogP contribution in [0.2, 0.25) is 0 Å². The number of benzene rings is 1. The lowest BCUT2D eigenvalue weighted by Crippen LogP contribution is -2.29. The van der Waals surface area contributed by atoms with Crippen LogP contribution in [0.15, 0.2) is 83.0 Å². The van der Waals surface area contributed by atoms with Gasteiger partial charge in [-0.2, -0.15) is 0 Å². The number of hydrogen-bond acceptors (Lipinski definition) is 2. The topological polar surface area (TPSA) is 46.2 Å². The molecule has 0 saturated heterocycles. The van der Waals surface area contributed by atoms with E-state index in [9.17, 15) is 9.59 Å². The average Bonchev–Trinajstić information content (AvgIpc) is 2.77. The monoisotopic (exact) mass is 459 g/mol. The quantitative estimate of drug-likeness (QED) is 0.302. The van der Waals surface area contributed by atoms with Crippen LogP contribution >= 0.6 is 0 Å². The van der Waals surface area contributed by atoms with Gasteiger partial charge in [-0.15, -0.1) is 0 Å². The molecule has 1 aliphatic rings. The Hall–Kier alpha value is -2.94. The molecular weight excluding hydrogens is 418 g/mol. The molecule has 0 atom stereocenters. The Morgan fingerprint density at radius 3 is 2.41 bits per heavy atom. The van der Waals surface area contributed by atoms with E-state index in [1.54, 1.807) is 12.1 Å². The molecule has 2 rings (SSSR count). The van der Waals surface area contributed by atoms with E-state index < -0.39 is 5.91 Å². The summed E-state index contributed by atoms with van der Waals surface area (Å²) in [4.78, 5) is 24.6. The third-order valence-corrected chi connectivity index (χ3v) is 6.40. The van der Waals surface area contributed by atoms with Gasteiger partial charge in [-0.05, 0) is 87.1 Å². The smallest absolute Gasteiger partial charge is 0.258 e. The van der Waals surface area contributed by atoms with E-state index in [1.807, 2.05) is 37.3 Å². The van der Waals surface area contributed by atoms with Gasteiger partial charge in [-0.3, -0.25) is 14.9 Å². The highest BCUT2D eigenvalue weighted by Crippen LogP contribution is 2.40. The van der Waals surface area contributed by atoms with Gasteiger partial charge < -0.3 is 0 Å². The molecule has 0 radical (unpaired) electrons. The number of imide groups is 1. The number of aryl methyl sites for hydroxylation is 1. The first-order chi connectivity index (χ1) is 16.1. The number of unbranched alkanes of at least 4 members (excludes halogenated alkanes) is 1. The summed E-state index contributed by atoms with van der Waals surface area (Å²) in [6.45, 7) is 13.0. The van der Waals surface area contributed by atoms with Crippen LogP contribution in [0.5, 0.6) is 0 Å². The second-order valence-corrected chi connectivity index (χ2v) is 10.0. The predicted octanol–water partition coefficient (Wildman–Crippen LogP) is 7.82. The number of allylic oxidation sites excluding steroid dienone is 9. The molecule has 0 unspecified atom stereocenters. The highest BCUT2D eigenvalue weighted by Gasteiger charge is 2.26. The molecule has 0 bridgehead atoms. The van der Waals surface area contributed by atoms with Gasteiger partial charge in [0.25, 0.3) is 11.8 Å². The molecule has 1 N–H and O–H groups in total. The number of nitrogens with one attached hydrogen (secondary N) is 1. The zero-order valence-electron chi connectivity index (χ0n) is 21.8. The third kappa shape index (κ3) is 8.78. The van der Waals surface area contributed by atoms with E-state index in [-0.39, 0.29) is 11.3 Å². The Morgan fingerprint density at radius 1 is 1.06 bits per heavy atom. The number of amides is 2. The van der Waals surface area contributed by atoms with Crippen molar-refractivity contribution in [3.8, 4) is 0 Å². The van der Waals surface area contributed by atoms with Crippen LogP contribution in [0.4, 0.5) is 0 Å². The van der Waals surface area contributed by atoms with Gasteiger partial charge in [0.2, 0.25) is 0 Å². The zero-order valence-corrected chi connectivity index (χ0v) is 21.8. The average molecular weight is 460 g/mol. The summed E-state index contributed by atoms with van der Waals surface area (Å²) in [5.74, 6) is -0.791. The molecular formula is C31H41NO2. The van der Waals surface area contributed by atoms with Gasteiger partial charge in [-0.25, -0.2) is 0 Å². The maximum Gasteiger partial charge on any atom is 0.258 e. The van der Waals surface area contributed by atoms with Crippen molar-refractivity contribution in [2.24, 2.45) is 5.41 Å². The van der Waals surface area contributed by atoms with Gasteiger partial charge in [0.1, 0.15) is 0 Å². The molecule has 1 aromatic rings. The molecule has 2 amide bonds. The van der Waals surface area contributed by atoms with Crippen LogP contribution in [0.25, 0.3) is 0 Å². The van der Waals surface area contributed by atoms with Crippen molar-refractivity contribution >= 4 is 11.8 Å². The fraction of sp³-hybridized carbons (Fsp3) is 0.419. The lowest BCUT2D eigenvalue weighted by molar-refractivity contribution is -0.115. The second kappa shape index (κ2) is 13.1. The van der Waals surface area contributed by atoms with Gasteiger partial charge in [0.05, 0.1) is 0 Å². The zero-order chi connectivity index (χ0) is 25.1. The van der Waals surface area contributed by atoms with Crippen molar-refractivity contribution in [1.82, 2.24) is 5.32 Å². The molecule has 0 heterocycles. The van der Waals surface area contributed by atoms with Crippen LogP contribution in [0.3, 0.4) is 0 Å². The molecule has 1 aliphatic carbocycles. The summed E-state index contributed by atoms with van der Waals surface area (Å²) in [6.07, 6.45) is 18.7. The van der Waals surface area contributed by atoms with Gasteiger partial charge >= 0.3 is 0 Å². The summed E-state index contributed by atoms with van der Waals surface area (Å²) in [5.41, 5.74) is 6.79. The van der Waals surface area contributed by atoms with E-state index in [2.05, 4.69) is 52.1 Å². The van der Waals surface area contributed by atoms with E-state index in [4.69, 9.17) is 0 Å². The summed E-state index contributed by atoms with van der Waals surface area (Å²) >= 11 is 0. The van der Waals surface area contributed by atoms with Crippen molar-refractivity contribution in [1.29, 1.82) is 0 Å². The van der Waals surface area contributed by atoms with E-state index in [0.29, 0.717) is 5.56 Å². The summed E-state index contributed by atoms with van der Waals surface area (Å²) in [6, 6.07) is 7.46. The summed E-state index contributed by atoms with van der Waals surface area (Å²) < 4.78 is 0. The molecule has 3 heteroatoms. The maximum atomic E-state index is 12.3. The largest absolute Gasteiger partial charge is 0.289 e. The molecule has 182 valence electrons. The lowest BCUT2D eigenvalue weighted by Gasteiger charge is -2.32. The maximum absolute atomic E-state index is 12.3. The number of carbonyl (C=O) groups excluding carboxylic acids is 2. The Morgan fingerprint density at radius 2 is 1.76 bits per heavy atom. The fourth-order valence-electron chi connectivity index (χ4n) is 4.31. The van der Waals surface area contributed by atoms with Crippen LogP contribution in [0.1, 0.15) is 89.6 Å². The van der Waals surface area contributed by atoms with Crippen molar-refractivity contribution < 1.29 is 9.59 Å². The Kier molecular flexibility index (Phi) is 10.5. The number of rotatable bonds is 9. The highest BCUT2D eigenvalue weighted by molar-refractivity contribution is 6.08. The third-order valence-electron chi connectivity index (χ3n) is 6.40. The van der Waals surface area contributed by atoms with Crippen molar-refractivity contribution in [3.05, 3.63) is 94.1 Å². The molecule has 3 nitrogen and oxygen atoms in total. The van der Waals surface area contributed by atoms with Crippen molar-refractivity contribution in [3.63, 3.8) is 0 Å². The molecule has 0 aliphatic heterocycles. The second-order valence-electron chi connectivity index (χ2n) is 10.0. The minimum Gasteiger partial charge on any atom is -0.289 e. The first-order valence-corrected chi connectivity index (χ1v) is 12.5. The fourth-order valence-corrected chi connectivity index (χ4v) is 4.31. The van der Waals surface area contributed by atoms with Crippen molar-refractivity contribution in [2.45, 2.75) is 80.1 Å². The minimum absolute atomic E-state index is 0.232. The molecule has 0 saturated carbocycles. The Balaban J connectivity index is 1.92. The normalized spacial score (nSPS) is 17.0. The van der Waals surface area contributed by atoms with E-state index in [1.165, 1.54) is 42.0 Å². The van der Waals surface area contributed by atoms with Gasteiger partial charge in [0, 0.05) is 11.6 Å². The van der Waals surface area contributed by atoms with Crippen LogP contribution in [0, 0.1) is 5.41 Å². The van der Waals surface area contributed by atoms with Crippen molar-refractivity contribution in [2.75, 3.05) is 0 Å². The Bertz CT molecular complexity index is 1010. The Labute approximate surface area is 206 Å². The molecule has 0 fully saturated rings. The first-order valence-electron chi connectivity index (χ1n) is 12.5. The molecule has 34 heavy (non-hydrogen) atoms. The first kappa shape index (κ1) is 27.3. The molecule has 1 aromatic carbocycles. The minimum atomic E-state index is -0.412. The van der Waals surface area contributed by atoms with Gasteiger partial charge in [-0.1, -0.05) is 80.9 Å². The summed E-state index contributed by atoms with van der Waals surface area (Å²) in [7, 11) is 0. The molecule has 0 aromatic heterocycles. The predicted molar refractivity (Wildman–Crippen MR) is 144 cm³/mol. The standard InChI is InChI=1S/C31H41NO2/c1-7-8-14-26-16-18-27(19-17-26)30(34)32-29(33)22-24(3)12-9-11-23(2)15-20-28-25(4)13-10-21-31(28,5)6/h9,11-12,15-20,22H,7-8,10,13-14,21H2,1-6H3,(H,32,33,34)/b12-9+,20-15+,23-11+,24-22+.